The van der Waals surface area contributed by atoms with E-state index in [1.165, 1.54) is 0 Å². The molecule has 0 aliphatic carbocycles. The number of nitrogens with one attached hydrogen (secondary N) is 1. The second kappa shape index (κ2) is 5.81. The Labute approximate surface area is 133 Å². The highest BCUT2D eigenvalue weighted by molar-refractivity contribution is 6.30. The van der Waals surface area contributed by atoms with Crippen LogP contribution in [0, 0.1) is 0 Å². The smallest absolute Gasteiger partial charge is 0.268 e. The van der Waals surface area contributed by atoms with Gasteiger partial charge in [0.05, 0.1) is 17.8 Å². The Morgan fingerprint density at radius 1 is 1.32 bits per heavy atom. The highest BCUT2D eigenvalue weighted by Crippen LogP contribution is 2.20. The lowest BCUT2D eigenvalue weighted by molar-refractivity contribution is 0.0932. The predicted octanol–water partition coefficient (Wildman–Crippen LogP) is 3.72. The van der Waals surface area contributed by atoms with Crippen LogP contribution in [0.3, 0.4) is 0 Å². The second-order valence-corrected chi connectivity index (χ2v) is 5.71. The SMILES string of the molecule is C[C@@H](NC(=O)c1cc2ccncc2n1C)c1cccc(Cl)c1. The number of hydrogen-bond acceptors (Lipinski definition) is 2. The van der Waals surface area contributed by atoms with Crippen molar-refractivity contribution < 1.29 is 4.79 Å². The zero-order chi connectivity index (χ0) is 15.7. The van der Waals surface area contributed by atoms with Crippen LogP contribution >= 0.6 is 11.6 Å². The Bertz CT molecular complexity index is 841. The monoisotopic (exact) mass is 313 g/mol. The van der Waals surface area contributed by atoms with E-state index in [2.05, 4.69) is 10.3 Å². The van der Waals surface area contributed by atoms with E-state index in [1.807, 2.05) is 54.9 Å². The van der Waals surface area contributed by atoms with Gasteiger partial charge >= 0.3 is 0 Å². The molecule has 3 aromatic rings. The number of halogens is 1. The molecule has 0 spiro atoms. The number of hydrogen-bond donors (Lipinski definition) is 1. The number of aryl methyl sites for hydroxylation is 1. The fourth-order valence-electron chi connectivity index (χ4n) is 2.52. The van der Waals surface area contributed by atoms with Crippen molar-refractivity contribution in [2.45, 2.75) is 13.0 Å². The molecule has 0 bridgehead atoms. The zero-order valence-electron chi connectivity index (χ0n) is 12.4. The minimum Gasteiger partial charge on any atom is -0.344 e. The molecule has 0 aliphatic rings. The molecular weight excluding hydrogens is 298 g/mol. The average molecular weight is 314 g/mol. The Morgan fingerprint density at radius 3 is 2.86 bits per heavy atom. The molecule has 0 radical (unpaired) electrons. The van der Waals surface area contributed by atoms with Crippen molar-refractivity contribution in [1.29, 1.82) is 0 Å². The third-order valence-corrected chi connectivity index (χ3v) is 4.01. The molecule has 0 unspecified atom stereocenters. The molecule has 0 fully saturated rings. The molecule has 2 heterocycles. The molecule has 112 valence electrons. The van der Waals surface area contributed by atoms with Crippen LogP contribution in [0.2, 0.25) is 5.02 Å². The van der Waals surface area contributed by atoms with Gasteiger partial charge in [-0.1, -0.05) is 23.7 Å². The van der Waals surface area contributed by atoms with Crippen LogP contribution in [0.1, 0.15) is 29.0 Å². The number of rotatable bonds is 3. The summed E-state index contributed by atoms with van der Waals surface area (Å²) in [6.45, 7) is 1.94. The van der Waals surface area contributed by atoms with E-state index < -0.39 is 0 Å². The Hall–Kier alpha value is -2.33. The number of carbonyl (C=O) groups excluding carboxylic acids is 1. The van der Waals surface area contributed by atoms with Gasteiger partial charge in [0.1, 0.15) is 5.69 Å². The first-order valence-corrected chi connectivity index (χ1v) is 7.40. The van der Waals surface area contributed by atoms with Crippen LogP contribution in [0.4, 0.5) is 0 Å². The molecule has 0 saturated heterocycles. The number of aromatic nitrogens is 2. The third-order valence-electron chi connectivity index (χ3n) is 3.78. The van der Waals surface area contributed by atoms with E-state index in [4.69, 9.17) is 11.6 Å². The molecule has 5 heteroatoms. The van der Waals surface area contributed by atoms with E-state index in [0.29, 0.717) is 10.7 Å². The summed E-state index contributed by atoms with van der Waals surface area (Å²) in [5, 5.41) is 4.66. The van der Waals surface area contributed by atoms with Gasteiger partial charge in [-0.2, -0.15) is 0 Å². The van der Waals surface area contributed by atoms with Gasteiger partial charge in [-0.25, -0.2) is 0 Å². The minimum atomic E-state index is -0.123. The van der Waals surface area contributed by atoms with Crippen LogP contribution in [-0.4, -0.2) is 15.5 Å². The summed E-state index contributed by atoms with van der Waals surface area (Å²) in [5.74, 6) is -0.119. The van der Waals surface area contributed by atoms with Crippen molar-refractivity contribution in [3.05, 3.63) is 65.1 Å². The summed E-state index contributed by atoms with van der Waals surface area (Å²) in [4.78, 5) is 16.6. The summed E-state index contributed by atoms with van der Waals surface area (Å²) in [5.41, 5.74) is 2.52. The molecular formula is C17H16ClN3O. The second-order valence-electron chi connectivity index (χ2n) is 5.27. The van der Waals surface area contributed by atoms with Gasteiger partial charge in [0.25, 0.3) is 5.91 Å². The van der Waals surface area contributed by atoms with Crippen LogP contribution in [0.15, 0.2) is 48.8 Å². The Kier molecular flexibility index (Phi) is 3.86. The quantitative estimate of drug-likeness (QED) is 0.801. The maximum absolute atomic E-state index is 12.5. The minimum absolute atomic E-state index is 0.119. The maximum atomic E-state index is 12.5. The number of carbonyl (C=O) groups is 1. The van der Waals surface area contributed by atoms with Gasteiger partial charge < -0.3 is 9.88 Å². The first kappa shape index (κ1) is 14.6. The summed E-state index contributed by atoms with van der Waals surface area (Å²) in [6, 6.07) is 11.1. The highest BCUT2D eigenvalue weighted by Gasteiger charge is 2.16. The molecule has 1 N–H and O–H groups in total. The third kappa shape index (κ3) is 2.70. The van der Waals surface area contributed by atoms with E-state index in [9.17, 15) is 4.79 Å². The topological polar surface area (TPSA) is 46.9 Å². The number of amides is 1. The van der Waals surface area contributed by atoms with E-state index in [-0.39, 0.29) is 11.9 Å². The van der Waals surface area contributed by atoms with Crippen LogP contribution in [-0.2, 0) is 7.05 Å². The Morgan fingerprint density at radius 2 is 2.14 bits per heavy atom. The number of nitrogens with zero attached hydrogens (tertiary/aromatic N) is 2. The molecule has 2 aromatic heterocycles. The lowest BCUT2D eigenvalue weighted by Gasteiger charge is -2.15. The molecule has 1 aromatic carbocycles. The summed E-state index contributed by atoms with van der Waals surface area (Å²) in [7, 11) is 1.86. The van der Waals surface area contributed by atoms with Crippen molar-refractivity contribution >= 4 is 28.4 Å². The van der Waals surface area contributed by atoms with Crippen molar-refractivity contribution in [3.63, 3.8) is 0 Å². The Balaban J connectivity index is 1.85. The van der Waals surface area contributed by atoms with Gasteiger partial charge in [-0.15, -0.1) is 0 Å². The van der Waals surface area contributed by atoms with Gasteiger partial charge in [0.2, 0.25) is 0 Å². The summed E-state index contributed by atoms with van der Waals surface area (Å²) in [6.07, 6.45) is 3.48. The lowest BCUT2D eigenvalue weighted by atomic mass is 10.1. The zero-order valence-corrected chi connectivity index (χ0v) is 13.1. The largest absolute Gasteiger partial charge is 0.344 e. The van der Waals surface area contributed by atoms with Crippen molar-refractivity contribution in [3.8, 4) is 0 Å². The van der Waals surface area contributed by atoms with E-state index in [1.54, 1.807) is 12.4 Å². The molecule has 1 atom stereocenters. The fourth-order valence-corrected chi connectivity index (χ4v) is 2.72. The molecule has 0 saturated carbocycles. The average Bonchev–Trinajstić information content (AvgIpc) is 2.85. The highest BCUT2D eigenvalue weighted by atomic mass is 35.5. The standard InChI is InChI=1S/C17H16ClN3O/c1-11(12-4-3-5-14(18)8-12)20-17(22)15-9-13-6-7-19-10-16(13)21(15)2/h3-11H,1-2H3,(H,20,22)/t11-/m1/s1. The predicted molar refractivity (Wildman–Crippen MR) is 88.0 cm³/mol. The van der Waals surface area contributed by atoms with Crippen LogP contribution in [0.5, 0.6) is 0 Å². The van der Waals surface area contributed by atoms with Gasteiger partial charge in [0, 0.05) is 23.7 Å². The summed E-state index contributed by atoms with van der Waals surface area (Å²) < 4.78 is 1.85. The van der Waals surface area contributed by atoms with Crippen molar-refractivity contribution in [2.75, 3.05) is 0 Å². The first-order valence-electron chi connectivity index (χ1n) is 7.02. The van der Waals surface area contributed by atoms with Crippen molar-refractivity contribution in [2.24, 2.45) is 7.05 Å². The van der Waals surface area contributed by atoms with Crippen LogP contribution < -0.4 is 5.32 Å². The maximum Gasteiger partial charge on any atom is 0.268 e. The molecule has 4 nitrogen and oxygen atoms in total. The van der Waals surface area contributed by atoms with Crippen molar-refractivity contribution in [1.82, 2.24) is 14.9 Å². The molecule has 1 amide bonds. The lowest BCUT2D eigenvalue weighted by Crippen LogP contribution is -2.28. The molecule has 3 rings (SSSR count). The summed E-state index contributed by atoms with van der Waals surface area (Å²) >= 11 is 6.00. The van der Waals surface area contributed by atoms with Gasteiger partial charge in [-0.3, -0.25) is 9.78 Å². The normalized spacial score (nSPS) is 12.3. The van der Waals surface area contributed by atoms with E-state index >= 15 is 0 Å². The van der Waals surface area contributed by atoms with Gasteiger partial charge in [0.15, 0.2) is 0 Å². The fraction of sp³-hybridized carbons (Fsp3) is 0.176. The number of fused-ring (bicyclic) bond motifs is 1. The number of benzene rings is 1. The molecule has 22 heavy (non-hydrogen) atoms. The molecule has 0 aliphatic heterocycles. The van der Waals surface area contributed by atoms with E-state index in [0.717, 1.165) is 16.5 Å². The number of pyridine rings is 1. The van der Waals surface area contributed by atoms with Crippen LogP contribution in [0.25, 0.3) is 10.9 Å². The first-order chi connectivity index (χ1) is 10.6. The van der Waals surface area contributed by atoms with Gasteiger partial charge in [-0.05, 0) is 36.8 Å².